The fraction of sp³-hybridized carbons (Fsp3) is 0.500. The van der Waals surface area contributed by atoms with E-state index in [9.17, 15) is 8.78 Å². The van der Waals surface area contributed by atoms with Crippen molar-refractivity contribution in [1.82, 2.24) is 5.32 Å². The van der Waals surface area contributed by atoms with Crippen LogP contribution in [0, 0.1) is 17.6 Å². The van der Waals surface area contributed by atoms with Gasteiger partial charge in [0.15, 0.2) is 11.6 Å². The van der Waals surface area contributed by atoms with Crippen molar-refractivity contribution in [2.75, 3.05) is 31.6 Å². The van der Waals surface area contributed by atoms with Gasteiger partial charge in [0.2, 0.25) is 0 Å². The van der Waals surface area contributed by atoms with Gasteiger partial charge in [-0.15, -0.1) is 0 Å². The van der Waals surface area contributed by atoms with Crippen LogP contribution in [0.2, 0.25) is 0 Å². The molecule has 0 bridgehead atoms. The van der Waals surface area contributed by atoms with Crippen molar-refractivity contribution in [2.24, 2.45) is 5.92 Å². The minimum absolute atomic E-state index is 0.595. The summed E-state index contributed by atoms with van der Waals surface area (Å²) in [6.07, 6.45) is 1.15. The van der Waals surface area contributed by atoms with Crippen molar-refractivity contribution in [2.45, 2.75) is 6.42 Å². The summed E-state index contributed by atoms with van der Waals surface area (Å²) in [4.78, 5) is 1.97. The minimum Gasteiger partial charge on any atom is -0.374 e. The number of halogens is 2. The molecule has 0 radical (unpaired) electrons. The number of anilines is 1. The van der Waals surface area contributed by atoms with E-state index in [-0.39, 0.29) is 0 Å². The zero-order valence-electron chi connectivity index (χ0n) is 9.34. The molecule has 0 aromatic heterocycles. The van der Waals surface area contributed by atoms with Crippen molar-refractivity contribution < 1.29 is 8.78 Å². The molecule has 1 fully saturated rings. The van der Waals surface area contributed by atoms with E-state index in [0.29, 0.717) is 5.92 Å². The second-order valence-electron chi connectivity index (χ2n) is 4.34. The van der Waals surface area contributed by atoms with Crippen molar-refractivity contribution >= 4 is 5.69 Å². The van der Waals surface area contributed by atoms with Crippen molar-refractivity contribution in [3.63, 3.8) is 0 Å². The monoisotopic (exact) mass is 226 g/mol. The fourth-order valence-electron chi connectivity index (χ4n) is 2.09. The molecule has 0 aliphatic carbocycles. The van der Waals surface area contributed by atoms with Crippen LogP contribution in [0.5, 0.6) is 0 Å². The highest BCUT2D eigenvalue weighted by atomic mass is 19.2. The van der Waals surface area contributed by atoms with E-state index in [1.165, 1.54) is 12.1 Å². The molecule has 4 heteroatoms. The highest BCUT2D eigenvalue weighted by molar-refractivity contribution is 5.45. The Hall–Kier alpha value is -1.16. The van der Waals surface area contributed by atoms with E-state index in [1.54, 1.807) is 6.07 Å². The van der Waals surface area contributed by atoms with Crippen LogP contribution in [0.25, 0.3) is 0 Å². The van der Waals surface area contributed by atoms with E-state index in [1.807, 2.05) is 11.9 Å². The second kappa shape index (κ2) is 4.78. The van der Waals surface area contributed by atoms with Crippen LogP contribution in [0.3, 0.4) is 0 Å². The Morgan fingerprint density at radius 1 is 1.38 bits per heavy atom. The molecular weight excluding hydrogens is 210 g/mol. The van der Waals surface area contributed by atoms with Gasteiger partial charge in [-0.05, 0) is 37.6 Å². The number of nitrogens with zero attached hydrogens (tertiary/aromatic N) is 1. The van der Waals surface area contributed by atoms with Crippen LogP contribution in [0.1, 0.15) is 6.42 Å². The first kappa shape index (κ1) is 11.3. The second-order valence-corrected chi connectivity index (χ2v) is 4.34. The van der Waals surface area contributed by atoms with Gasteiger partial charge in [0.05, 0.1) is 0 Å². The van der Waals surface area contributed by atoms with Crippen LogP contribution in [0.15, 0.2) is 18.2 Å². The lowest BCUT2D eigenvalue weighted by Gasteiger charge is -2.22. The SMILES string of the molecule is CN(CC1CCNC1)c1ccc(F)c(F)c1. The van der Waals surface area contributed by atoms with E-state index < -0.39 is 11.6 Å². The normalized spacial score (nSPS) is 20.1. The maximum atomic E-state index is 13.0. The Bertz CT molecular complexity index is 362. The molecule has 1 unspecified atom stereocenters. The molecule has 0 spiro atoms. The van der Waals surface area contributed by atoms with E-state index in [4.69, 9.17) is 0 Å². The van der Waals surface area contributed by atoms with Gasteiger partial charge >= 0.3 is 0 Å². The highest BCUT2D eigenvalue weighted by Gasteiger charge is 2.17. The molecule has 2 nitrogen and oxygen atoms in total. The molecule has 0 amide bonds. The van der Waals surface area contributed by atoms with Crippen molar-refractivity contribution in [1.29, 1.82) is 0 Å². The van der Waals surface area contributed by atoms with Crippen LogP contribution >= 0.6 is 0 Å². The lowest BCUT2D eigenvalue weighted by Crippen LogP contribution is -2.26. The van der Waals surface area contributed by atoms with Crippen LogP contribution in [0.4, 0.5) is 14.5 Å². The zero-order chi connectivity index (χ0) is 11.5. The summed E-state index contributed by atoms with van der Waals surface area (Å²) in [5.74, 6) is -0.980. The smallest absolute Gasteiger partial charge is 0.160 e. The minimum atomic E-state index is -0.792. The Morgan fingerprint density at radius 2 is 2.19 bits per heavy atom. The zero-order valence-corrected chi connectivity index (χ0v) is 9.34. The average Bonchev–Trinajstić information content (AvgIpc) is 2.74. The predicted molar refractivity (Wildman–Crippen MR) is 60.6 cm³/mol. The number of benzene rings is 1. The van der Waals surface area contributed by atoms with Gasteiger partial charge in [0, 0.05) is 25.3 Å². The first-order chi connectivity index (χ1) is 7.66. The summed E-state index contributed by atoms with van der Waals surface area (Å²) in [5.41, 5.74) is 0.728. The fourth-order valence-corrected chi connectivity index (χ4v) is 2.09. The average molecular weight is 226 g/mol. The Balaban J connectivity index is 2.02. The molecule has 1 heterocycles. The summed E-state index contributed by atoms with van der Waals surface area (Å²) in [6.45, 7) is 2.93. The summed E-state index contributed by atoms with van der Waals surface area (Å²) >= 11 is 0. The van der Waals surface area contributed by atoms with E-state index in [2.05, 4.69) is 5.32 Å². The molecule has 16 heavy (non-hydrogen) atoms. The lowest BCUT2D eigenvalue weighted by atomic mass is 10.1. The Labute approximate surface area is 94.3 Å². The number of hydrogen-bond donors (Lipinski definition) is 1. The quantitative estimate of drug-likeness (QED) is 0.848. The first-order valence-corrected chi connectivity index (χ1v) is 5.53. The van der Waals surface area contributed by atoms with Gasteiger partial charge in [0.1, 0.15) is 0 Å². The van der Waals surface area contributed by atoms with Crippen LogP contribution in [-0.4, -0.2) is 26.7 Å². The van der Waals surface area contributed by atoms with Crippen LogP contribution in [-0.2, 0) is 0 Å². The molecule has 2 rings (SSSR count). The topological polar surface area (TPSA) is 15.3 Å². The third-order valence-corrected chi connectivity index (χ3v) is 3.04. The number of rotatable bonds is 3. The van der Waals surface area contributed by atoms with Gasteiger partial charge in [-0.25, -0.2) is 8.78 Å². The standard InChI is InChI=1S/C12H16F2N2/c1-16(8-9-4-5-15-7-9)10-2-3-11(13)12(14)6-10/h2-3,6,9,15H,4-5,7-8H2,1H3. The molecule has 1 aromatic carbocycles. The molecule has 1 aliphatic rings. The van der Waals surface area contributed by atoms with Gasteiger partial charge in [-0.1, -0.05) is 0 Å². The molecular formula is C12H16F2N2. The first-order valence-electron chi connectivity index (χ1n) is 5.53. The summed E-state index contributed by atoms with van der Waals surface area (Å²) < 4.78 is 25.8. The van der Waals surface area contributed by atoms with Crippen LogP contribution < -0.4 is 10.2 Å². The Morgan fingerprint density at radius 3 is 2.81 bits per heavy atom. The lowest BCUT2D eigenvalue weighted by molar-refractivity contribution is 0.507. The van der Waals surface area contributed by atoms with E-state index in [0.717, 1.165) is 31.7 Å². The third-order valence-electron chi connectivity index (χ3n) is 3.04. The highest BCUT2D eigenvalue weighted by Crippen LogP contribution is 2.19. The molecule has 1 aromatic rings. The summed E-state index contributed by atoms with van der Waals surface area (Å²) in [7, 11) is 1.91. The van der Waals surface area contributed by atoms with Gasteiger partial charge in [-0.3, -0.25) is 0 Å². The molecule has 1 saturated heterocycles. The largest absolute Gasteiger partial charge is 0.374 e. The third kappa shape index (κ3) is 2.50. The molecule has 1 N–H and O–H groups in total. The number of nitrogens with one attached hydrogen (secondary N) is 1. The molecule has 1 atom stereocenters. The Kier molecular flexibility index (Phi) is 3.39. The molecule has 88 valence electrons. The maximum Gasteiger partial charge on any atom is 0.160 e. The maximum absolute atomic E-state index is 13.0. The summed E-state index contributed by atoms with van der Waals surface area (Å²) in [6, 6.07) is 4.03. The van der Waals surface area contributed by atoms with Gasteiger partial charge < -0.3 is 10.2 Å². The van der Waals surface area contributed by atoms with Gasteiger partial charge in [0.25, 0.3) is 0 Å². The predicted octanol–water partition coefficient (Wildman–Crippen LogP) is 2.01. The van der Waals surface area contributed by atoms with E-state index >= 15 is 0 Å². The number of hydrogen-bond acceptors (Lipinski definition) is 2. The molecule has 1 aliphatic heterocycles. The van der Waals surface area contributed by atoms with Gasteiger partial charge in [-0.2, -0.15) is 0 Å². The van der Waals surface area contributed by atoms with Crippen molar-refractivity contribution in [3.8, 4) is 0 Å². The summed E-state index contributed by atoms with van der Waals surface area (Å²) in [5, 5.41) is 3.29. The van der Waals surface area contributed by atoms with Crippen molar-refractivity contribution in [3.05, 3.63) is 29.8 Å². The molecule has 0 saturated carbocycles.